The largest absolute Gasteiger partial charge is 0.355 e. The molecule has 1 N–H and O–H groups in total. The molecule has 3 aromatic rings. The molecule has 0 radical (unpaired) electrons. The second-order valence-corrected chi connectivity index (χ2v) is 9.16. The van der Waals surface area contributed by atoms with Crippen molar-refractivity contribution in [2.75, 3.05) is 44.2 Å². The molecule has 3 atom stereocenters. The first kappa shape index (κ1) is 18.8. The molecule has 1 amide bonds. The zero-order valence-electron chi connectivity index (χ0n) is 17.7. The summed E-state index contributed by atoms with van der Waals surface area (Å²) >= 11 is 0. The van der Waals surface area contributed by atoms with Crippen LogP contribution in [0.1, 0.15) is 12.8 Å². The molecule has 1 saturated heterocycles. The van der Waals surface area contributed by atoms with Gasteiger partial charge in [0.2, 0.25) is 11.7 Å². The van der Waals surface area contributed by atoms with Gasteiger partial charge in [-0.05, 0) is 48.8 Å². The second kappa shape index (κ2) is 7.64. The molecular formula is C24H28N6O. The first-order chi connectivity index (χ1) is 15.2. The number of amides is 1. The topological polar surface area (TPSA) is 65.8 Å². The molecule has 3 heterocycles. The van der Waals surface area contributed by atoms with E-state index in [4.69, 9.17) is 4.98 Å². The van der Waals surface area contributed by atoms with Gasteiger partial charge in [-0.2, -0.15) is 4.98 Å². The number of hydrogen-bond acceptors (Lipinski definition) is 5. The van der Waals surface area contributed by atoms with E-state index >= 15 is 0 Å². The molecule has 160 valence electrons. The molecule has 0 spiro atoms. The van der Waals surface area contributed by atoms with Crippen LogP contribution in [-0.2, 0) is 4.79 Å². The fourth-order valence-corrected chi connectivity index (χ4v) is 5.48. The molecule has 2 bridgehead atoms. The quantitative estimate of drug-likeness (QED) is 0.647. The van der Waals surface area contributed by atoms with Crippen LogP contribution in [0.4, 0.5) is 5.82 Å². The molecule has 1 aliphatic heterocycles. The van der Waals surface area contributed by atoms with E-state index in [0.717, 1.165) is 61.3 Å². The van der Waals surface area contributed by atoms with Crippen molar-refractivity contribution in [3.8, 4) is 0 Å². The van der Waals surface area contributed by atoms with Crippen LogP contribution in [0.2, 0.25) is 0 Å². The van der Waals surface area contributed by atoms with Gasteiger partial charge in [-0.3, -0.25) is 14.1 Å². The third-order valence-corrected chi connectivity index (χ3v) is 7.21. The summed E-state index contributed by atoms with van der Waals surface area (Å²) in [5.41, 5.74) is 2.04. The van der Waals surface area contributed by atoms with Crippen molar-refractivity contribution in [1.29, 1.82) is 0 Å². The lowest BCUT2D eigenvalue weighted by Gasteiger charge is -2.35. The number of para-hydroxylation sites is 2. The van der Waals surface area contributed by atoms with Crippen LogP contribution >= 0.6 is 0 Å². The third-order valence-electron chi connectivity index (χ3n) is 7.21. The Hall–Kier alpha value is -2.93. The Morgan fingerprint density at radius 1 is 1.03 bits per heavy atom. The van der Waals surface area contributed by atoms with Gasteiger partial charge in [-0.15, -0.1) is 0 Å². The van der Waals surface area contributed by atoms with Crippen molar-refractivity contribution in [1.82, 2.24) is 24.6 Å². The molecule has 2 fully saturated rings. The highest BCUT2D eigenvalue weighted by atomic mass is 16.2. The van der Waals surface area contributed by atoms with E-state index in [0.29, 0.717) is 18.4 Å². The van der Waals surface area contributed by atoms with Crippen LogP contribution in [0.3, 0.4) is 0 Å². The van der Waals surface area contributed by atoms with E-state index in [2.05, 4.69) is 50.6 Å². The molecule has 1 saturated carbocycles. The third kappa shape index (κ3) is 3.57. The molecular weight excluding hydrogens is 388 g/mol. The number of nitrogens with one attached hydrogen (secondary N) is 1. The number of aromatic nitrogens is 3. The highest BCUT2D eigenvalue weighted by Crippen LogP contribution is 2.42. The maximum absolute atomic E-state index is 12.4. The molecule has 2 aliphatic carbocycles. The zero-order chi connectivity index (χ0) is 20.8. The minimum atomic E-state index is 0.156. The summed E-state index contributed by atoms with van der Waals surface area (Å²) in [5, 5.41) is 3.18. The van der Waals surface area contributed by atoms with Crippen molar-refractivity contribution >= 4 is 28.5 Å². The molecule has 3 unspecified atom stereocenters. The van der Waals surface area contributed by atoms with Crippen LogP contribution in [-0.4, -0.2) is 64.4 Å². The van der Waals surface area contributed by atoms with Crippen molar-refractivity contribution in [3.05, 3.63) is 48.7 Å². The number of carbonyl (C=O) groups excluding carboxylic acids is 1. The zero-order valence-corrected chi connectivity index (χ0v) is 17.7. The van der Waals surface area contributed by atoms with Gasteiger partial charge in [-0.1, -0.05) is 24.3 Å². The van der Waals surface area contributed by atoms with Crippen molar-refractivity contribution in [3.63, 3.8) is 0 Å². The lowest BCUT2D eigenvalue weighted by molar-refractivity contribution is -0.122. The lowest BCUT2D eigenvalue weighted by Crippen LogP contribution is -2.50. The van der Waals surface area contributed by atoms with Crippen molar-refractivity contribution < 1.29 is 4.79 Å². The summed E-state index contributed by atoms with van der Waals surface area (Å²) in [6.07, 6.45) is 9.28. The summed E-state index contributed by atoms with van der Waals surface area (Å²) in [7, 11) is 0. The summed E-state index contributed by atoms with van der Waals surface area (Å²) < 4.78 is 2.03. The van der Waals surface area contributed by atoms with E-state index < -0.39 is 0 Å². The van der Waals surface area contributed by atoms with E-state index in [1.807, 2.05) is 22.6 Å². The SMILES string of the molecule is O=C(CN1CCN(c2ccn3c(n2)nc2ccccc23)CC1)NCC1CC2C=CC1C2. The predicted molar refractivity (Wildman–Crippen MR) is 121 cm³/mol. The number of nitrogens with zero attached hydrogens (tertiary/aromatic N) is 5. The Morgan fingerprint density at radius 2 is 1.90 bits per heavy atom. The Morgan fingerprint density at radius 3 is 2.71 bits per heavy atom. The summed E-state index contributed by atoms with van der Waals surface area (Å²) in [6, 6.07) is 10.2. The maximum atomic E-state index is 12.4. The molecule has 7 nitrogen and oxygen atoms in total. The van der Waals surface area contributed by atoms with Gasteiger partial charge in [0.25, 0.3) is 0 Å². The average molecular weight is 417 g/mol. The van der Waals surface area contributed by atoms with Gasteiger partial charge in [-0.25, -0.2) is 4.98 Å². The maximum Gasteiger partial charge on any atom is 0.236 e. The van der Waals surface area contributed by atoms with Gasteiger partial charge in [0.05, 0.1) is 17.6 Å². The van der Waals surface area contributed by atoms with Crippen LogP contribution in [0.25, 0.3) is 16.8 Å². The number of hydrogen-bond donors (Lipinski definition) is 1. The second-order valence-electron chi connectivity index (χ2n) is 9.16. The number of imidazole rings is 1. The van der Waals surface area contributed by atoms with E-state index in [1.54, 1.807) is 0 Å². The Labute approximate surface area is 181 Å². The van der Waals surface area contributed by atoms with Crippen LogP contribution < -0.4 is 10.2 Å². The van der Waals surface area contributed by atoms with E-state index in [-0.39, 0.29) is 5.91 Å². The average Bonchev–Trinajstić information content (AvgIpc) is 3.51. The van der Waals surface area contributed by atoms with Gasteiger partial charge < -0.3 is 10.2 Å². The number of piperazine rings is 1. The number of anilines is 1. The molecule has 2 aromatic heterocycles. The number of carbonyl (C=O) groups is 1. The number of rotatable bonds is 5. The Balaban J connectivity index is 1.03. The first-order valence-corrected chi connectivity index (χ1v) is 11.4. The molecule has 1 aromatic carbocycles. The number of allylic oxidation sites excluding steroid dienone is 2. The molecule has 3 aliphatic rings. The van der Waals surface area contributed by atoms with E-state index in [9.17, 15) is 4.79 Å². The van der Waals surface area contributed by atoms with Crippen LogP contribution in [0.5, 0.6) is 0 Å². The normalized spacial score (nSPS) is 25.7. The molecule has 7 heteroatoms. The van der Waals surface area contributed by atoms with Gasteiger partial charge >= 0.3 is 0 Å². The molecule has 31 heavy (non-hydrogen) atoms. The van der Waals surface area contributed by atoms with Crippen molar-refractivity contribution in [2.24, 2.45) is 17.8 Å². The number of fused-ring (bicyclic) bond motifs is 5. The first-order valence-electron chi connectivity index (χ1n) is 11.4. The fourth-order valence-electron chi connectivity index (χ4n) is 5.48. The lowest BCUT2D eigenvalue weighted by atomic mass is 9.94. The predicted octanol–water partition coefficient (Wildman–Crippen LogP) is 2.33. The van der Waals surface area contributed by atoms with Gasteiger partial charge in [0, 0.05) is 38.9 Å². The minimum Gasteiger partial charge on any atom is -0.355 e. The monoisotopic (exact) mass is 416 g/mol. The minimum absolute atomic E-state index is 0.156. The Bertz CT molecular complexity index is 1150. The van der Waals surface area contributed by atoms with Gasteiger partial charge in [0.15, 0.2) is 0 Å². The number of benzene rings is 1. The highest BCUT2D eigenvalue weighted by molar-refractivity contribution is 5.79. The van der Waals surface area contributed by atoms with Crippen LogP contribution in [0.15, 0.2) is 48.7 Å². The van der Waals surface area contributed by atoms with E-state index in [1.165, 1.54) is 12.8 Å². The fraction of sp³-hybridized carbons (Fsp3) is 0.458. The van der Waals surface area contributed by atoms with Crippen molar-refractivity contribution in [2.45, 2.75) is 12.8 Å². The van der Waals surface area contributed by atoms with Gasteiger partial charge in [0.1, 0.15) is 5.82 Å². The summed E-state index contributed by atoms with van der Waals surface area (Å²) in [6.45, 7) is 4.79. The summed E-state index contributed by atoms with van der Waals surface area (Å²) in [5.74, 6) is 3.92. The molecule has 6 rings (SSSR count). The summed E-state index contributed by atoms with van der Waals surface area (Å²) in [4.78, 5) is 26.4. The highest BCUT2D eigenvalue weighted by Gasteiger charge is 2.35. The smallest absolute Gasteiger partial charge is 0.236 e. The standard InChI is InChI=1S/C24H28N6O/c31-23(25-15-19-14-17-5-6-18(19)13-17)16-28-9-11-29(12-10-28)22-7-8-30-21-4-2-1-3-20(21)26-24(30)27-22/h1-8,17-19H,9-16H2,(H,25,31). The Kier molecular flexibility index (Phi) is 4.64. The van der Waals surface area contributed by atoms with Crippen LogP contribution in [0, 0.1) is 17.8 Å².